The van der Waals surface area contributed by atoms with Gasteiger partial charge in [0.15, 0.2) is 0 Å². The van der Waals surface area contributed by atoms with Gasteiger partial charge in [-0.3, -0.25) is 0 Å². The number of allylic oxidation sites excluding steroid dienone is 1. The largest absolute Gasteiger partial charge is 0.381 e. The predicted molar refractivity (Wildman–Crippen MR) is 72.2 cm³/mol. The average Bonchev–Trinajstić information content (AvgIpc) is 2.41. The molecule has 0 saturated carbocycles. The molecule has 1 aliphatic heterocycles. The molecule has 1 saturated heterocycles. The molecule has 2 aliphatic rings. The Labute approximate surface area is 106 Å². The van der Waals surface area contributed by atoms with Crippen molar-refractivity contribution >= 4 is 0 Å². The molecule has 0 aromatic rings. The summed E-state index contributed by atoms with van der Waals surface area (Å²) in [6, 6.07) is 0. The molecule has 0 atom stereocenters. The van der Waals surface area contributed by atoms with Crippen LogP contribution in [0, 0.1) is 5.41 Å². The standard InChI is InChI=1S/C15H27NO/c1-2-10-16-13-15(8-11-17-12-9-15)14-6-4-3-5-7-14/h6,16H,2-5,7-13H2,1H3. The lowest BCUT2D eigenvalue weighted by atomic mass is 9.70. The quantitative estimate of drug-likeness (QED) is 0.585. The lowest BCUT2D eigenvalue weighted by Crippen LogP contribution is -2.41. The van der Waals surface area contributed by atoms with Crippen molar-refractivity contribution in [1.29, 1.82) is 0 Å². The van der Waals surface area contributed by atoms with Crippen molar-refractivity contribution in [2.24, 2.45) is 5.41 Å². The second-order valence-corrected chi connectivity index (χ2v) is 5.54. The van der Waals surface area contributed by atoms with Gasteiger partial charge in [-0.25, -0.2) is 0 Å². The Hall–Kier alpha value is -0.340. The second kappa shape index (κ2) is 6.55. The molecule has 2 heteroatoms. The first-order valence-corrected chi connectivity index (χ1v) is 7.35. The van der Waals surface area contributed by atoms with Gasteiger partial charge in [-0.15, -0.1) is 0 Å². The van der Waals surface area contributed by atoms with Crippen LogP contribution in [0.25, 0.3) is 0 Å². The molecule has 98 valence electrons. The Morgan fingerprint density at radius 2 is 2.12 bits per heavy atom. The van der Waals surface area contributed by atoms with Crippen LogP contribution in [-0.4, -0.2) is 26.3 Å². The van der Waals surface area contributed by atoms with E-state index < -0.39 is 0 Å². The molecule has 0 radical (unpaired) electrons. The molecule has 2 nitrogen and oxygen atoms in total. The third-order valence-corrected chi connectivity index (χ3v) is 4.31. The maximum Gasteiger partial charge on any atom is 0.0474 e. The summed E-state index contributed by atoms with van der Waals surface area (Å²) in [5.74, 6) is 0. The van der Waals surface area contributed by atoms with Gasteiger partial charge < -0.3 is 10.1 Å². The Balaban J connectivity index is 2.02. The van der Waals surface area contributed by atoms with E-state index in [2.05, 4.69) is 18.3 Å². The van der Waals surface area contributed by atoms with Gasteiger partial charge in [0.25, 0.3) is 0 Å². The molecule has 1 N–H and O–H groups in total. The van der Waals surface area contributed by atoms with Crippen LogP contribution >= 0.6 is 0 Å². The highest BCUT2D eigenvalue weighted by Crippen LogP contribution is 2.41. The molecule has 17 heavy (non-hydrogen) atoms. The van der Waals surface area contributed by atoms with E-state index in [-0.39, 0.29) is 0 Å². The maximum absolute atomic E-state index is 5.57. The maximum atomic E-state index is 5.57. The molecular weight excluding hydrogens is 210 g/mol. The predicted octanol–water partition coefficient (Wildman–Crippen LogP) is 3.28. The van der Waals surface area contributed by atoms with Crippen LogP contribution in [0.5, 0.6) is 0 Å². The monoisotopic (exact) mass is 237 g/mol. The molecule has 1 fully saturated rings. The number of hydrogen-bond donors (Lipinski definition) is 1. The zero-order valence-electron chi connectivity index (χ0n) is 11.3. The van der Waals surface area contributed by atoms with Crippen molar-refractivity contribution in [2.45, 2.75) is 51.9 Å². The van der Waals surface area contributed by atoms with Crippen molar-refractivity contribution in [1.82, 2.24) is 5.32 Å². The van der Waals surface area contributed by atoms with Crippen molar-refractivity contribution in [3.63, 3.8) is 0 Å². The Bertz CT molecular complexity index is 254. The molecule has 1 heterocycles. The summed E-state index contributed by atoms with van der Waals surface area (Å²) in [4.78, 5) is 0. The fourth-order valence-corrected chi connectivity index (χ4v) is 3.20. The normalized spacial score (nSPS) is 24.4. The average molecular weight is 237 g/mol. The lowest BCUT2D eigenvalue weighted by molar-refractivity contribution is 0.0302. The number of ether oxygens (including phenoxy) is 1. The van der Waals surface area contributed by atoms with E-state index in [0.717, 1.165) is 26.3 Å². The topological polar surface area (TPSA) is 21.3 Å². The zero-order valence-corrected chi connectivity index (χ0v) is 11.3. The summed E-state index contributed by atoms with van der Waals surface area (Å²) in [5.41, 5.74) is 2.16. The minimum absolute atomic E-state index is 0.424. The molecule has 0 bridgehead atoms. The lowest BCUT2D eigenvalue weighted by Gasteiger charge is -2.41. The number of rotatable bonds is 5. The van der Waals surface area contributed by atoms with Gasteiger partial charge in [-0.2, -0.15) is 0 Å². The van der Waals surface area contributed by atoms with E-state index in [0.29, 0.717) is 5.41 Å². The highest BCUT2D eigenvalue weighted by Gasteiger charge is 2.35. The van der Waals surface area contributed by atoms with Crippen LogP contribution < -0.4 is 5.32 Å². The minimum Gasteiger partial charge on any atom is -0.381 e. The second-order valence-electron chi connectivity index (χ2n) is 5.54. The molecule has 0 aromatic carbocycles. The Morgan fingerprint density at radius 1 is 1.29 bits per heavy atom. The smallest absolute Gasteiger partial charge is 0.0474 e. The zero-order chi connectivity index (χ0) is 12.0. The molecule has 0 aromatic heterocycles. The summed E-state index contributed by atoms with van der Waals surface area (Å²) < 4.78 is 5.57. The number of nitrogens with one attached hydrogen (secondary N) is 1. The summed E-state index contributed by atoms with van der Waals surface area (Å²) in [6.45, 7) is 6.45. The van der Waals surface area contributed by atoms with E-state index in [1.165, 1.54) is 44.9 Å². The van der Waals surface area contributed by atoms with Crippen LogP contribution in [-0.2, 0) is 4.74 Å². The van der Waals surface area contributed by atoms with Gasteiger partial charge in [0.1, 0.15) is 0 Å². The van der Waals surface area contributed by atoms with Gasteiger partial charge in [-0.1, -0.05) is 18.6 Å². The molecule has 2 rings (SSSR count). The highest BCUT2D eigenvalue weighted by molar-refractivity contribution is 5.18. The van der Waals surface area contributed by atoms with Crippen LogP contribution in [0.1, 0.15) is 51.9 Å². The van der Waals surface area contributed by atoms with E-state index in [9.17, 15) is 0 Å². The van der Waals surface area contributed by atoms with Crippen molar-refractivity contribution in [3.05, 3.63) is 11.6 Å². The Morgan fingerprint density at radius 3 is 2.76 bits per heavy atom. The van der Waals surface area contributed by atoms with Crippen LogP contribution in [0.2, 0.25) is 0 Å². The van der Waals surface area contributed by atoms with Gasteiger partial charge in [-0.05, 0) is 51.5 Å². The van der Waals surface area contributed by atoms with E-state index in [1.54, 1.807) is 5.57 Å². The SMILES string of the molecule is CCCNCC1(C2=CCCCC2)CCOCC1. The Kier molecular flexibility index (Phi) is 5.05. The third kappa shape index (κ3) is 3.32. The van der Waals surface area contributed by atoms with E-state index in [4.69, 9.17) is 4.74 Å². The van der Waals surface area contributed by atoms with Crippen LogP contribution in [0.4, 0.5) is 0 Å². The fraction of sp³-hybridized carbons (Fsp3) is 0.867. The van der Waals surface area contributed by atoms with Gasteiger partial charge >= 0.3 is 0 Å². The van der Waals surface area contributed by atoms with Gasteiger partial charge in [0.2, 0.25) is 0 Å². The van der Waals surface area contributed by atoms with Crippen molar-refractivity contribution in [3.8, 4) is 0 Å². The molecule has 0 unspecified atom stereocenters. The summed E-state index contributed by atoms with van der Waals surface area (Å²) >= 11 is 0. The van der Waals surface area contributed by atoms with Crippen molar-refractivity contribution < 1.29 is 4.74 Å². The summed E-state index contributed by atoms with van der Waals surface area (Å²) in [5, 5.41) is 3.65. The van der Waals surface area contributed by atoms with E-state index >= 15 is 0 Å². The van der Waals surface area contributed by atoms with E-state index in [1.807, 2.05) is 0 Å². The van der Waals surface area contributed by atoms with Crippen LogP contribution in [0.3, 0.4) is 0 Å². The fourth-order valence-electron chi connectivity index (χ4n) is 3.20. The minimum atomic E-state index is 0.424. The summed E-state index contributed by atoms with van der Waals surface area (Å²) in [7, 11) is 0. The first-order chi connectivity index (χ1) is 8.37. The molecule has 1 aliphatic carbocycles. The van der Waals surface area contributed by atoms with Gasteiger partial charge in [0, 0.05) is 25.2 Å². The van der Waals surface area contributed by atoms with Crippen molar-refractivity contribution in [2.75, 3.05) is 26.3 Å². The molecule has 0 amide bonds. The highest BCUT2D eigenvalue weighted by atomic mass is 16.5. The summed E-state index contributed by atoms with van der Waals surface area (Å²) in [6.07, 6.45) is 11.6. The number of hydrogen-bond acceptors (Lipinski definition) is 2. The molecule has 0 spiro atoms. The first-order valence-electron chi connectivity index (χ1n) is 7.35. The third-order valence-electron chi connectivity index (χ3n) is 4.31. The van der Waals surface area contributed by atoms with Crippen LogP contribution in [0.15, 0.2) is 11.6 Å². The molecular formula is C15H27NO. The van der Waals surface area contributed by atoms with Gasteiger partial charge in [0.05, 0.1) is 0 Å². The first kappa shape index (κ1) is 13.1.